The van der Waals surface area contributed by atoms with Gasteiger partial charge in [-0.2, -0.15) is 0 Å². The Balaban J connectivity index is 2.18. The van der Waals surface area contributed by atoms with Crippen molar-refractivity contribution in [2.24, 2.45) is 0 Å². The van der Waals surface area contributed by atoms with Gasteiger partial charge in [-0.25, -0.2) is 0 Å². The average molecular weight is 281 g/mol. The molecule has 0 heterocycles. The number of halogens is 2. The molecule has 0 aliphatic carbocycles. The Kier molecular flexibility index (Phi) is 4.24. The molecular weight excluding hydrogens is 271 g/mol. The number of carbonyl (C=O) groups is 1. The normalized spacial score (nSPS) is 10.1. The molecule has 2 nitrogen and oxygen atoms in total. The average Bonchev–Trinajstić information content (AvgIpc) is 2.37. The van der Waals surface area contributed by atoms with Gasteiger partial charge in [0.1, 0.15) is 12.4 Å². The van der Waals surface area contributed by atoms with Gasteiger partial charge in [0, 0.05) is 5.02 Å². The molecule has 0 radical (unpaired) electrons. The van der Waals surface area contributed by atoms with Gasteiger partial charge in [0.2, 0.25) is 0 Å². The van der Waals surface area contributed by atoms with Crippen molar-refractivity contribution in [3.05, 3.63) is 64.7 Å². The third-order valence-electron chi connectivity index (χ3n) is 2.39. The summed E-state index contributed by atoms with van der Waals surface area (Å²) in [5, 5.41) is -0.0607. The van der Waals surface area contributed by atoms with Gasteiger partial charge in [0.15, 0.2) is 0 Å². The molecule has 0 N–H and O–H groups in total. The number of carbonyl (C=O) groups excluding carboxylic acids is 1. The quantitative estimate of drug-likeness (QED) is 0.781. The van der Waals surface area contributed by atoms with Gasteiger partial charge < -0.3 is 4.74 Å². The maximum Gasteiger partial charge on any atom is 0.256 e. The second-order valence-corrected chi connectivity index (χ2v) is 4.47. The van der Waals surface area contributed by atoms with Gasteiger partial charge in [-0.15, -0.1) is 0 Å². The number of hydrogen-bond acceptors (Lipinski definition) is 2. The standard InChI is InChI=1S/C14H10Cl2O2/c15-11-6-7-12(14(16)17)13(8-11)18-9-10-4-2-1-3-5-10/h1-8H,9H2. The highest BCUT2D eigenvalue weighted by Gasteiger charge is 2.10. The fraction of sp³-hybridized carbons (Fsp3) is 0.0714. The zero-order valence-electron chi connectivity index (χ0n) is 9.40. The van der Waals surface area contributed by atoms with Crippen molar-refractivity contribution in [1.29, 1.82) is 0 Å². The third-order valence-corrected chi connectivity index (χ3v) is 2.83. The molecule has 0 aliphatic heterocycles. The molecule has 2 rings (SSSR count). The van der Waals surface area contributed by atoms with Crippen LogP contribution in [0.3, 0.4) is 0 Å². The largest absolute Gasteiger partial charge is 0.488 e. The summed E-state index contributed by atoms with van der Waals surface area (Å²) in [6, 6.07) is 14.4. The summed E-state index contributed by atoms with van der Waals surface area (Å²) in [5.41, 5.74) is 1.32. The molecule has 4 heteroatoms. The molecule has 0 aromatic heterocycles. The first kappa shape index (κ1) is 12.9. The van der Waals surface area contributed by atoms with E-state index in [1.54, 1.807) is 18.2 Å². The lowest BCUT2D eigenvalue weighted by Gasteiger charge is -2.09. The van der Waals surface area contributed by atoms with Crippen LogP contribution in [0.15, 0.2) is 48.5 Å². The van der Waals surface area contributed by atoms with Crippen molar-refractivity contribution in [1.82, 2.24) is 0 Å². The van der Waals surface area contributed by atoms with Crippen LogP contribution in [0.5, 0.6) is 5.75 Å². The van der Waals surface area contributed by atoms with E-state index in [1.807, 2.05) is 30.3 Å². The summed E-state index contributed by atoms with van der Waals surface area (Å²) in [6.07, 6.45) is 0. The summed E-state index contributed by atoms with van der Waals surface area (Å²) in [7, 11) is 0. The lowest BCUT2D eigenvalue weighted by molar-refractivity contribution is 0.107. The molecule has 92 valence electrons. The van der Waals surface area contributed by atoms with E-state index in [-0.39, 0.29) is 0 Å². The Hall–Kier alpha value is -1.51. The highest BCUT2D eigenvalue weighted by Crippen LogP contribution is 2.25. The van der Waals surface area contributed by atoms with Crippen LogP contribution in [0.1, 0.15) is 15.9 Å². The van der Waals surface area contributed by atoms with E-state index in [4.69, 9.17) is 27.9 Å². The molecule has 0 amide bonds. The monoisotopic (exact) mass is 280 g/mol. The van der Waals surface area contributed by atoms with Gasteiger partial charge in [-0.05, 0) is 35.4 Å². The molecule has 0 bridgehead atoms. The van der Waals surface area contributed by atoms with Crippen LogP contribution in [0.4, 0.5) is 0 Å². The molecule has 0 saturated heterocycles. The van der Waals surface area contributed by atoms with Gasteiger partial charge >= 0.3 is 0 Å². The lowest BCUT2D eigenvalue weighted by Crippen LogP contribution is -2.00. The topological polar surface area (TPSA) is 26.3 Å². The van der Waals surface area contributed by atoms with E-state index in [2.05, 4.69) is 0 Å². The van der Waals surface area contributed by atoms with Crippen molar-refractivity contribution in [3.63, 3.8) is 0 Å². The van der Waals surface area contributed by atoms with Crippen LogP contribution in [-0.2, 0) is 6.61 Å². The van der Waals surface area contributed by atoms with Crippen LogP contribution >= 0.6 is 23.2 Å². The van der Waals surface area contributed by atoms with Crippen molar-refractivity contribution in [2.45, 2.75) is 6.61 Å². The summed E-state index contributed by atoms with van der Waals surface area (Å²) in [6.45, 7) is 0.359. The fourth-order valence-corrected chi connectivity index (χ4v) is 1.83. The smallest absolute Gasteiger partial charge is 0.256 e. The van der Waals surface area contributed by atoms with Crippen molar-refractivity contribution < 1.29 is 9.53 Å². The highest BCUT2D eigenvalue weighted by molar-refractivity contribution is 6.68. The van der Waals surface area contributed by atoms with Crippen molar-refractivity contribution in [2.75, 3.05) is 0 Å². The first-order valence-electron chi connectivity index (χ1n) is 5.33. The Labute approximate surface area is 115 Å². The van der Waals surface area contributed by atoms with Crippen LogP contribution in [0.25, 0.3) is 0 Å². The molecule has 0 saturated carbocycles. The first-order chi connectivity index (χ1) is 8.66. The Morgan fingerprint density at radius 2 is 1.83 bits per heavy atom. The maximum atomic E-state index is 11.2. The number of ether oxygens (including phenoxy) is 1. The van der Waals surface area contributed by atoms with Crippen LogP contribution < -0.4 is 4.74 Å². The Morgan fingerprint density at radius 3 is 2.50 bits per heavy atom. The van der Waals surface area contributed by atoms with E-state index in [1.165, 1.54) is 0 Å². The maximum absolute atomic E-state index is 11.2. The third kappa shape index (κ3) is 3.25. The van der Waals surface area contributed by atoms with E-state index in [0.29, 0.717) is 22.9 Å². The molecular formula is C14H10Cl2O2. The summed E-state index contributed by atoms with van der Waals surface area (Å²) >= 11 is 11.3. The Morgan fingerprint density at radius 1 is 1.11 bits per heavy atom. The summed E-state index contributed by atoms with van der Waals surface area (Å²) < 4.78 is 5.58. The van der Waals surface area contributed by atoms with E-state index in [9.17, 15) is 4.79 Å². The second kappa shape index (κ2) is 5.89. The molecule has 2 aromatic carbocycles. The molecule has 2 aromatic rings. The highest BCUT2D eigenvalue weighted by atomic mass is 35.5. The minimum Gasteiger partial charge on any atom is -0.488 e. The molecule has 0 atom stereocenters. The lowest BCUT2D eigenvalue weighted by atomic mass is 10.2. The van der Waals surface area contributed by atoms with Gasteiger partial charge in [-0.1, -0.05) is 41.9 Å². The summed E-state index contributed by atoms with van der Waals surface area (Å²) in [4.78, 5) is 11.2. The molecule has 0 spiro atoms. The van der Waals surface area contributed by atoms with Crippen molar-refractivity contribution >= 4 is 28.4 Å². The van der Waals surface area contributed by atoms with Crippen LogP contribution in [0.2, 0.25) is 5.02 Å². The predicted octanol–water partition coefficient (Wildman–Crippen LogP) is 4.30. The number of benzene rings is 2. The number of rotatable bonds is 4. The zero-order valence-corrected chi connectivity index (χ0v) is 10.9. The minimum absolute atomic E-state index is 0.317. The zero-order chi connectivity index (χ0) is 13.0. The first-order valence-corrected chi connectivity index (χ1v) is 6.08. The molecule has 0 aliphatic rings. The predicted molar refractivity (Wildman–Crippen MR) is 72.4 cm³/mol. The van der Waals surface area contributed by atoms with Crippen molar-refractivity contribution in [3.8, 4) is 5.75 Å². The molecule has 18 heavy (non-hydrogen) atoms. The molecule has 0 fully saturated rings. The fourth-order valence-electron chi connectivity index (χ4n) is 1.51. The Bertz CT molecular complexity index is 553. The second-order valence-electron chi connectivity index (χ2n) is 3.69. The van der Waals surface area contributed by atoms with E-state index < -0.39 is 5.24 Å². The van der Waals surface area contributed by atoms with E-state index >= 15 is 0 Å². The number of hydrogen-bond donors (Lipinski definition) is 0. The van der Waals surface area contributed by atoms with Crippen LogP contribution in [0, 0.1) is 0 Å². The van der Waals surface area contributed by atoms with Crippen LogP contribution in [-0.4, -0.2) is 5.24 Å². The van der Waals surface area contributed by atoms with Gasteiger partial charge in [0.25, 0.3) is 5.24 Å². The van der Waals surface area contributed by atoms with Gasteiger partial charge in [-0.3, -0.25) is 4.79 Å². The SMILES string of the molecule is O=C(Cl)c1ccc(Cl)cc1OCc1ccccc1. The summed E-state index contributed by atoms with van der Waals surface area (Å²) in [5.74, 6) is 0.395. The minimum atomic E-state index is -0.560. The van der Waals surface area contributed by atoms with Gasteiger partial charge in [0.05, 0.1) is 5.56 Å². The van der Waals surface area contributed by atoms with E-state index in [0.717, 1.165) is 5.56 Å². The molecule has 0 unspecified atom stereocenters.